The maximum atomic E-state index is 12.8. The zero-order valence-corrected chi connectivity index (χ0v) is 19.7. The lowest BCUT2D eigenvalue weighted by Gasteiger charge is -2.29. The number of hydrogen-bond acceptors (Lipinski definition) is 4. The Morgan fingerprint density at radius 1 is 1.03 bits per heavy atom. The second-order valence-electron chi connectivity index (χ2n) is 7.81. The Morgan fingerprint density at radius 3 is 2.19 bits per heavy atom. The van der Waals surface area contributed by atoms with E-state index in [1.807, 2.05) is 30.3 Å². The Kier molecular flexibility index (Phi) is 9.37. The maximum Gasteiger partial charge on any atom is 0.243 e. The van der Waals surface area contributed by atoms with Crippen LogP contribution in [0, 0.1) is 5.92 Å². The number of nitrogens with zero attached hydrogens (tertiary/aromatic N) is 1. The second kappa shape index (κ2) is 11.7. The highest BCUT2D eigenvalue weighted by Gasteiger charge is 2.29. The van der Waals surface area contributed by atoms with Crippen molar-refractivity contribution in [2.45, 2.75) is 52.5 Å². The monoisotopic (exact) mass is 446 g/mol. The number of rotatable bonds is 12. The lowest BCUT2D eigenvalue weighted by atomic mass is 9.99. The van der Waals surface area contributed by atoms with Crippen LogP contribution in [0.2, 0.25) is 0 Å². The average molecular weight is 447 g/mol. The average Bonchev–Trinajstić information content (AvgIpc) is 2.74. The Bertz CT molecular complexity index is 914. The van der Waals surface area contributed by atoms with E-state index >= 15 is 0 Å². The number of carbonyl (C=O) groups is 1. The third-order valence-corrected chi connectivity index (χ3v) is 6.51. The lowest BCUT2D eigenvalue weighted by Crippen LogP contribution is -2.48. The van der Waals surface area contributed by atoms with Gasteiger partial charge in [-0.05, 0) is 55.7 Å². The molecule has 0 heterocycles. The molecule has 2 rings (SSSR count). The number of amides is 1. The second-order valence-corrected chi connectivity index (χ2v) is 9.66. The number of benzene rings is 2. The third kappa shape index (κ3) is 7.58. The van der Waals surface area contributed by atoms with Crippen molar-refractivity contribution in [3.8, 4) is 11.5 Å². The quantitative estimate of drug-likeness (QED) is 0.500. The standard InChI is InChI=1S/C24H34N2O4S/c1-5-7-11-20(6-2)18-25-24(27)19(3)26(31(4,28)29)21-14-16-23(17-15-21)30-22-12-9-8-10-13-22/h8-10,12-17,19-20H,5-7,11,18H2,1-4H3,(H,25,27)/t19-,20-/m1/s1. The van der Waals surface area contributed by atoms with E-state index < -0.39 is 16.1 Å². The molecule has 6 nitrogen and oxygen atoms in total. The fourth-order valence-electron chi connectivity index (χ4n) is 3.43. The molecule has 0 aromatic heterocycles. The third-order valence-electron chi connectivity index (χ3n) is 5.27. The van der Waals surface area contributed by atoms with E-state index in [0.717, 1.165) is 36.2 Å². The van der Waals surface area contributed by atoms with Crippen molar-refractivity contribution in [1.82, 2.24) is 5.32 Å². The SMILES string of the molecule is CCCC[C@@H](CC)CNC(=O)[C@@H](C)N(c1ccc(Oc2ccccc2)cc1)S(C)(=O)=O. The van der Waals surface area contributed by atoms with Crippen LogP contribution < -0.4 is 14.4 Å². The minimum absolute atomic E-state index is 0.301. The molecule has 2 atom stereocenters. The lowest BCUT2D eigenvalue weighted by molar-refractivity contribution is -0.122. The maximum absolute atomic E-state index is 12.8. The van der Waals surface area contributed by atoms with E-state index in [1.165, 1.54) is 0 Å². The van der Waals surface area contributed by atoms with Gasteiger partial charge in [-0.15, -0.1) is 0 Å². The van der Waals surface area contributed by atoms with Gasteiger partial charge in [-0.2, -0.15) is 0 Å². The highest BCUT2D eigenvalue weighted by Crippen LogP contribution is 2.27. The van der Waals surface area contributed by atoms with E-state index in [2.05, 4.69) is 19.2 Å². The van der Waals surface area contributed by atoms with Crippen molar-refractivity contribution in [3.63, 3.8) is 0 Å². The molecule has 0 aliphatic carbocycles. The molecule has 0 spiro atoms. The van der Waals surface area contributed by atoms with Crippen molar-refractivity contribution < 1.29 is 17.9 Å². The molecule has 0 bridgehead atoms. The number of anilines is 1. The van der Waals surface area contributed by atoms with Gasteiger partial charge in [0.15, 0.2) is 0 Å². The Balaban J connectivity index is 2.11. The minimum Gasteiger partial charge on any atom is -0.457 e. The summed E-state index contributed by atoms with van der Waals surface area (Å²) in [6.45, 7) is 6.42. The van der Waals surface area contributed by atoms with Crippen molar-refractivity contribution in [2.75, 3.05) is 17.1 Å². The number of unbranched alkanes of at least 4 members (excludes halogenated alkanes) is 1. The van der Waals surface area contributed by atoms with E-state index in [-0.39, 0.29) is 5.91 Å². The molecule has 170 valence electrons. The van der Waals surface area contributed by atoms with Gasteiger partial charge >= 0.3 is 0 Å². The summed E-state index contributed by atoms with van der Waals surface area (Å²) in [7, 11) is -3.66. The first-order valence-corrected chi connectivity index (χ1v) is 12.7. The van der Waals surface area contributed by atoms with Gasteiger partial charge < -0.3 is 10.1 Å². The van der Waals surface area contributed by atoms with Crippen molar-refractivity contribution in [2.24, 2.45) is 5.92 Å². The predicted octanol–water partition coefficient (Wildman–Crippen LogP) is 4.97. The number of para-hydroxylation sites is 1. The molecule has 2 aromatic rings. The predicted molar refractivity (Wildman–Crippen MR) is 126 cm³/mol. The molecule has 7 heteroatoms. The molecule has 0 radical (unpaired) electrons. The van der Waals surface area contributed by atoms with Crippen molar-refractivity contribution >= 4 is 21.6 Å². The molecule has 31 heavy (non-hydrogen) atoms. The number of sulfonamides is 1. The number of nitrogens with one attached hydrogen (secondary N) is 1. The van der Waals surface area contributed by atoms with Crippen LogP contribution >= 0.6 is 0 Å². The van der Waals surface area contributed by atoms with Gasteiger partial charge in [0.2, 0.25) is 15.9 Å². The molecule has 0 saturated carbocycles. The molecule has 0 unspecified atom stereocenters. The summed E-state index contributed by atoms with van der Waals surface area (Å²) in [5.74, 6) is 1.38. The number of carbonyl (C=O) groups excluding carboxylic acids is 1. The van der Waals surface area contributed by atoms with Crippen LogP contribution in [0.15, 0.2) is 54.6 Å². The van der Waals surface area contributed by atoms with Crippen molar-refractivity contribution in [3.05, 3.63) is 54.6 Å². The smallest absolute Gasteiger partial charge is 0.243 e. The molecule has 0 aliphatic rings. The van der Waals surface area contributed by atoms with E-state index in [1.54, 1.807) is 31.2 Å². The van der Waals surface area contributed by atoms with E-state index in [0.29, 0.717) is 29.6 Å². The van der Waals surface area contributed by atoms with Crippen LogP contribution in [0.5, 0.6) is 11.5 Å². The zero-order chi connectivity index (χ0) is 22.9. The fraction of sp³-hybridized carbons (Fsp3) is 0.458. The molecule has 2 aromatic carbocycles. The van der Waals surface area contributed by atoms with Gasteiger partial charge in [0.1, 0.15) is 17.5 Å². The Labute approximate surface area is 186 Å². The highest BCUT2D eigenvalue weighted by molar-refractivity contribution is 7.92. The van der Waals surface area contributed by atoms with Crippen LogP contribution in [0.25, 0.3) is 0 Å². The van der Waals surface area contributed by atoms with Crippen LogP contribution in [-0.2, 0) is 14.8 Å². The molecular weight excluding hydrogens is 412 g/mol. The summed E-state index contributed by atoms with van der Waals surface area (Å²) in [6, 6.07) is 15.2. The van der Waals surface area contributed by atoms with Crippen LogP contribution in [-0.4, -0.2) is 33.2 Å². The molecule has 0 aliphatic heterocycles. The van der Waals surface area contributed by atoms with Gasteiger partial charge in [0.05, 0.1) is 11.9 Å². The molecule has 1 amide bonds. The molecule has 0 saturated heterocycles. The van der Waals surface area contributed by atoms with Crippen LogP contribution in [0.4, 0.5) is 5.69 Å². The largest absolute Gasteiger partial charge is 0.457 e. The summed E-state index contributed by atoms with van der Waals surface area (Å²) >= 11 is 0. The first-order valence-electron chi connectivity index (χ1n) is 10.9. The van der Waals surface area contributed by atoms with Gasteiger partial charge in [0.25, 0.3) is 0 Å². The molecule has 1 N–H and O–H groups in total. The van der Waals surface area contributed by atoms with Gasteiger partial charge in [-0.25, -0.2) is 8.42 Å². The zero-order valence-electron chi connectivity index (χ0n) is 18.9. The molecular formula is C24H34N2O4S. The topological polar surface area (TPSA) is 75.7 Å². The van der Waals surface area contributed by atoms with E-state index in [4.69, 9.17) is 4.74 Å². The Morgan fingerprint density at radius 2 is 1.65 bits per heavy atom. The highest BCUT2D eigenvalue weighted by atomic mass is 32.2. The summed E-state index contributed by atoms with van der Waals surface area (Å²) in [5.41, 5.74) is 0.420. The summed E-state index contributed by atoms with van der Waals surface area (Å²) < 4.78 is 31.9. The summed E-state index contributed by atoms with van der Waals surface area (Å²) in [4.78, 5) is 12.8. The number of hydrogen-bond donors (Lipinski definition) is 1. The first-order chi connectivity index (χ1) is 14.8. The number of ether oxygens (including phenoxy) is 1. The van der Waals surface area contributed by atoms with Crippen LogP contribution in [0.1, 0.15) is 46.5 Å². The van der Waals surface area contributed by atoms with E-state index in [9.17, 15) is 13.2 Å². The minimum atomic E-state index is -3.66. The van der Waals surface area contributed by atoms with Gasteiger partial charge in [-0.1, -0.05) is 51.3 Å². The Hall–Kier alpha value is -2.54. The fourth-order valence-corrected chi connectivity index (χ4v) is 4.61. The van der Waals surface area contributed by atoms with Gasteiger partial charge in [0, 0.05) is 6.54 Å². The normalized spacial score (nSPS) is 13.3. The van der Waals surface area contributed by atoms with Crippen molar-refractivity contribution in [1.29, 1.82) is 0 Å². The summed E-state index contributed by atoms with van der Waals surface area (Å²) in [5, 5.41) is 2.94. The molecule has 0 fully saturated rings. The van der Waals surface area contributed by atoms with Crippen LogP contribution in [0.3, 0.4) is 0 Å². The summed E-state index contributed by atoms with van der Waals surface area (Å²) in [6.07, 6.45) is 5.39. The first kappa shape index (κ1) is 24.7. The van der Waals surface area contributed by atoms with Gasteiger partial charge in [-0.3, -0.25) is 9.10 Å².